The summed E-state index contributed by atoms with van der Waals surface area (Å²) < 4.78 is 5.85. The molecule has 0 spiro atoms. The summed E-state index contributed by atoms with van der Waals surface area (Å²) in [4.78, 5) is 23.9. The van der Waals surface area contributed by atoms with Crippen LogP contribution in [0.1, 0.15) is 77.0 Å². The van der Waals surface area contributed by atoms with Gasteiger partial charge in [0, 0.05) is 6.42 Å². The molecule has 0 amide bonds. The third-order valence-electron chi connectivity index (χ3n) is 6.18. The number of carbonyl (C=O) groups is 2. The number of rotatable bonds is 6. The van der Waals surface area contributed by atoms with Crippen LogP contribution in [-0.4, -0.2) is 30.4 Å². The summed E-state index contributed by atoms with van der Waals surface area (Å²) in [5.74, 6) is 1.07. The van der Waals surface area contributed by atoms with Crippen LogP contribution in [0.5, 0.6) is 0 Å². The van der Waals surface area contributed by atoms with Crippen LogP contribution in [0.15, 0.2) is 0 Å². The topological polar surface area (TPSA) is 55.4 Å². The molecule has 2 aliphatic heterocycles. The van der Waals surface area contributed by atoms with E-state index < -0.39 is 5.60 Å². The third kappa shape index (κ3) is 4.34. The van der Waals surface area contributed by atoms with E-state index in [4.69, 9.17) is 4.74 Å². The molecule has 0 aromatic heterocycles. The van der Waals surface area contributed by atoms with Gasteiger partial charge in [0.1, 0.15) is 17.8 Å². The van der Waals surface area contributed by atoms with Gasteiger partial charge in [-0.05, 0) is 63.5 Å². The molecule has 1 saturated carbocycles. The maximum Gasteiger partial charge on any atom is 0.313 e. The van der Waals surface area contributed by atoms with Crippen molar-refractivity contribution in [3.05, 3.63) is 0 Å². The number of Topliss-reactive ketones (excluding diaryl/α,β-unsaturated/α-hetero) is 1. The molecule has 1 unspecified atom stereocenters. The normalized spacial score (nSPS) is 30.6. The van der Waals surface area contributed by atoms with E-state index in [1.54, 1.807) is 0 Å². The van der Waals surface area contributed by atoms with Crippen molar-refractivity contribution in [3.8, 4) is 0 Å². The molecule has 0 aromatic carbocycles. The van der Waals surface area contributed by atoms with Crippen molar-refractivity contribution >= 4 is 11.8 Å². The summed E-state index contributed by atoms with van der Waals surface area (Å²) in [6, 6.07) is 0. The van der Waals surface area contributed by atoms with Crippen molar-refractivity contribution in [2.24, 2.45) is 11.8 Å². The standard InChI is InChI=1S/C19H31NO3/c21-17-13-18(22)23-19(14-17,16-6-1-2-7-16)10-4-3-5-15-8-11-20-12-9-15/h15-16,20H,1-14H2. The highest BCUT2D eigenvalue weighted by Gasteiger charge is 2.47. The van der Waals surface area contributed by atoms with Gasteiger partial charge in [0.2, 0.25) is 0 Å². The number of hydrogen-bond donors (Lipinski definition) is 1. The Balaban J connectivity index is 1.53. The number of hydrogen-bond acceptors (Lipinski definition) is 4. The molecule has 3 fully saturated rings. The lowest BCUT2D eigenvalue weighted by Crippen LogP contribution is -2.47. The Hall–Kier alpha value is -0.900. The van der Waals surface area contributed by atoms with E-state index in [1.165, 1.54) is 38.5 Å². The molecule has 0 radical (unpaired) electrons. The van der Waals surface area contributed by atoms with Gasteiger partial charge in [0.25, 0.3) is 0 Å². The second-order valence-corrected chi connectivity index (χ2v) is 7.85. The second kappa shape index (κ2) is 7.78. The van der Waals surface area contributed by atoms with Gasteiger partial charge >= 0.3 is 5.97 Å². The largest absolute Gasteiger partial charge is 0.458 e. The molecule has 3 aliphatic rings. The van der Waals surface area contributed by atoms with E-state index in [1.807, 2.05) is 0 Å². The summed E-state index contributed by atoms with van der Waals surface area (Å²) in [6.07, 6.45) is 12.2. The minimum Gasteiger partial charge on any atom is -0.458 e. The highest BCUT2D eigenvalue weighted by atomic mass is 16.6. The molecule has 2 heterocycles. The number of unbranched alkanes of at least 4 members (excludes halogenated alkanes) is 1. The summed E-state index contributed by atoms with van der Waals surface area (Å²) >= 11 is 0. The average molecular weight is 321 g/mol. The number of nitrogens with one attached hydrogen (secondary N) is 1. The molecule has 4 heteroatoms. The van der Waals surface area contributed by atoms with Gasteiger partial charge in [-0.1, -0.05) is 25.7 Å². The monoisotopic (exact) mass is 321 g/mol. The zero-order valence-electron chi connectivity index (χ0n) is 14.3. The zero-order valence-corrected chi connectivity index (χ0v) is 14.3. The molecule has 4 nitrogen and oxygen atoms in total. The van der Waals surface area contributed by atoms with Crippen molar-refractivity contribution < 1.29 is 14.3 Å². The van der Waals surface area contributed by atoms with Gasteiger partial charge in [-0.2, -0.15) is 0 Å². The van der Waals surface area contributed by atoms with Crippen LogP contribution in [0.25, 0.3) is 0 Å². The highest BCUT2D eigenvalue weighted by molar-refractivity contribution is 5.98. The van der Waals surface area contributed by atoms with Crippen LogP contribution >= 0.6 is 0 Å². The number of ether oxygens (including phenoxy) is 1. The zero-order chi connectivity index (χ0) is 16.1. The van der Waals surface area contributed by atoms with Crippen molar-refractivity contribution in [2.75, 3.05) is 13.1 Å². The van der Waals surface area contributed by atoms with E-state index in [9.17, 15) is 9.59 Å². The Kier molecular flexibility index (Phi) is 5.73. The van der Waals surface area contributed by atoms with Crippen LogP contribution in [0.2, 0.25) is 0 Å². The maximum absolute atomic E-state index is 12.0. The molecule has 130 valence electrons. The molecular weight excluding hydrogens is 290 g/mol. The summed E-state index contributed by atoms with van der Waals surface area (Å²) in [6.45, 7) is 2.31. The quantitative estimate of drug-likeness (QED) is 0.463. The van der Waals surface area contributed by atoms with E-state index in [-0.39, 0.29) is 18.2 Å². The van der Waals surface area contributed by atoms with E-state index >= 15 is 0 Å². The number of carbonyl (C=O) groups excluding carboxylic acids is 2. The smallest absolute Gasteiger partial charge is 0.313 e. The molecular formula is C19H31NO3. The molecule has 0 bridgehead atoms. The van der Waals surface area contributed by atoms with Crippen molar-refractivity contribution in [1.82, 2.24) is 5.32 Å². The predicted molar refractivity (Wildman–Crippen MR) is 89.1 cm³/mol. The SMILES string of the molecule is O=C1CC(=O)OC(CCCCC2CCNCC2)(C2CCCC2)C1. The van der Waals surface area contributed by atoms with Gasteiger partial charge in [-0.25, -0.2) is 0 Å². The van der Waals surface area contributed by atoms with Gasteiger partial charge in [0.15, 0.2) is 0 Å². The first-order chi connectivity index (χ1) is 11.2. The first-order valence-corrected chi connectivity index (χ1v) is 9.62. The Labute approximate surface area is 139 Å². The fourth-order valence-electron chi connectivity index (χ4n) is 4.91. The Morgan fingerprint density at radius 3 is 2.48 bits per heavy atom. The fraction of sp³-hybridized carbons (Fsp3) is 0.895. The molecule has 1 atom stereocenters. The summed E-state index contributed by atoms with van der Waals surface area (Å²) in [7, 11) is 0. The summed E-state index contributed by atoms with van der Waals surface area (Å²) in [5, 5.41) is 3.41. The minimum atomic E-state index is -0.461. The van der Waals surface area contributed by atoms with Crippen LogP contribution in [-0.2, 0) is 14.3 Å². The lowest BCUT2D eigenvalue weighted by Gasteiger charge is -2.41. The first kappa shape index (κ1) is 16.9. The minimum absolute atomic E-state index is 0.0104. The number of ketones is 1. The second-order valence-electron chi connectivity index (χ2n) is 7.85. The van der Waals surface area contributed by atoms with Crippen molar-refractivity contribution in [3.63, 3.8) is 0 Å². The Bertz CT molecular complexity index is 406. The predicted octanol–water partition coefficient (Wildman–Crippen LogP) is 3.38. The van der Waals surface area contributed by atoms with Crippen molar-refractivity contribution in [2.45, 2.75) is 82.7 Å². The van der Waals surface area contributed by atoms with Gasteiger partial charge < -0.3 is 10.1 Å². The maximum atomic E-state index is 12.0. The van der Waals surface area contributed by atoms with E-state index in [0.717, 1.165) is 44.7 Å². The average Bonchev–Trinajstić information content (AvgIpc) is 3.07. The molecule has 1 aliphatic carbocycles. The van der Waals surface area contributed by atoms with Crippen LogP contribution in [0, 0.1) is 11.8 Å². The highest BCUT2D eigenvalue weighted by Crippen LogP contribution is 2.44. The lowest BCUT2D eigenvalue weighted by atomic mass is 9.76. The van der Waals surface area contributed by atoms with E-state index in [0.29, 0.717) is 12.3 Å². The molecule has 1 N–H and O–H groups in total. The molecule has 2 saturated heterocycles. The van der Waals surface area contributed by atoms with Gasteiger partial charge in [0.05, 0.1) is 0 Å². The number of esters is 1. The Morgan fingerprint density at radius 1 is 1.04 bits per heavy atom. The number of piperidine rings is 1. The van der Waals surface area contributed by atoms with Crippen molar-refractivity contribution in [1.29, 1.82) is 0 Å². The van der Waals surface area contributed by atoms with Crippen LogP contribution in [0.3, 0.4) is 0 Å². The molecule has 23 heavy (non-hydrogen) atoms. The lowest BCUT2D eigenvalue weighted by molar-refractivity contribution is -0.178. The van der Waals surface area contributed by atoms with Crippen LogP contribution < -0.4 is 5.32 Å². The van der Waals surface area contributed by atoms with E-state index in [2.05, 4.69) is 5.32 Å². The third-order valence-corrected chi connectivity index (χ3v) is 6.18. The fourth-order valence-corrected chi connectivity index (χ4v) is 4.91. The molecule has 0 aromatic rings. The first-order valence-electron chi connectivity index (χ1n) is 9.62. The Morgan fingerprint density at radius 2 is 1.78 bits per heavy atom. The summed E-state index contributed by atoms with van der Waals surface area (Å²) in [5.41, 5.74) is -0.461. The molecule has 3 rings (SSSR count). The van der Waals surface area contributed by atoms with Crippen LogP contribution in [0.4, 0.5) is 0 Å². The number of cyclic esters (lactones) is 1. The van der Waals surface area contributed by atoms with Gasteiger partial charge in [-0.3, -0.25) is 9.59 Å². The van der Waals surface area contributed by atoms with Gasteiger partial charge in [-0.15, -0.1) is 0 Å².